The standard InChI is InChI=1S/C12H14N4O4/c1-2-3-4-19-10-5-9-8(7-17)6-14-16(9)12(15-10)20-11(13)18/h5-7H,2-4H2,1H3,(H2,13,18). The van der Waals surface area contributed by atoms with Crippen molar-refractivity contribution in [1.82, 2.24) is 14.6 Å². The molecule has 2 rings (SSSR count). The smallest absolute Gasteiger partial charge is 0.412 e. The lowest BCUT2D eigenvalue weighted by atomic mass is 10.3. The van der Waals surface area contributed by atoms with Gasteiger partial charge in [-0.1, -0.05) is 13.3 Å². The number of hydrogen-bond acceptors (Lipinski definition) is 6. The van der Waals surface area contributed by atoms with Gasteiger partial charge in [0.15, 0.2) is 6.29 Å². The highest BCUT2D eigenvalue weighted by atomic mass is 16.6. The second-order valence-corrected chi connectivity index (χ2v) is 4.01. The lowest BCUT2D eigenvalue weighted by molar-refractivity contribution is 0.112. The Kier molecular flexibility index (Phi) is 4.14. The van der Waals surface area contributed by atoms with Crippen LogP contribution in [0.4, 0.5) is 4.79 Å². The van der Waals surface area contributed by atoms with Gasteiger partial charge in [0, 0.05) is 6.07 Å². The quantitative estimate of drug-likeness (QED) is 0.627. The highest BCUT2D eigenvalue weighted by Crippen LogP contribution is 2.21. The third-order valence-corrected chi connectivity index (χ3v) is 2.55. The molecule has 0 aromatic carbocycles. The summed E-state index contributed by atoms with van der Waals surface area (Å²) in [5.74, 6) is 0.241. The zero-order valence-electron chi connectivity index (χ0n) is 10.9. The Morgan fingerprint density at radius 1 is 1.55 bits per heavy atom. The second kappa shape index (κ2) is 6.00. The summed E-state index contributed by atoms with van der Waals surface area (Å²) in [5.41, 5.74) is 5.74. The Morgan fingerprint density at radius 3 is 3.00 bits per heavy atom. The second-order valence-electron chi connectivity index (χ2n) is 4.01. The van der Waals surface area contributed by atoms with E-state index < -0.39 is 6.09 Å². The molecule has 20 heavy (non-hydrogen) atoms. The fraction of sp³-hybridized carbons (Fsp3) is 0.333. The first-order chi connectivity index (χ1) is 9.65. The Bertz CT molecular complexity index is 638. The molecule has 0 saturated heterocycles. The van der Waals surface area contributed by atoms with E-state index in [2.05, 4.69) is 10.1 Å². The maximum Gasteiger partial charge on any atom is 0.412 e. The average Bonchev–Trinajstić information content (AvgIpc) is 2.81. The van der Waals surface area contributed by atoms with E-state index in [-0.39, 0.29) is 11.9 Å². The van der Waals surface area contributed by atoms with Gasteiger partial charge >= 0.3 is 12.1 Å². The Morgan fingerprint density at radius 2 is 2.35 bits per heavy atom. The van der Waals surface area contributed by atoms with Crippen molar-refractivity contribution >= 4 is 17.9 Å². The number of primary amides is 1. The topological polar surface area (TPSA) is 109 Å². The molecule has 0 aliphatic carbocycles. The fourth-order valence-electron chi connectivity index (χ4n) is 1.60. The number of nitrogens with zero attached hydrogens (tertiary/aromatic N) is 3. The number of amides is 1. The number of fused-ring (bicyclic) bond motifs is 1. The molecule has 0 saturated carbocycles. The lowest BCUT2D eigenvalue weighted by Crippen LogP contribution is -2.19. The van der Waals surface area contributed by atoms with E-state index in [4.69, 9.17) is 15.2 Å². The van der Waals surface area contributed by atoms with Crippen LogP contribution in [0.1, 0.15) is 30.1 Å². The predicted octanol–water partition coefficient (Wildman–Crippen LogP) is 1.18. The molecular formula is C12H14N4O4. The van der Waals surface area contributed by atoms with Crippen molar-refractivity contribution in [2.24, 2.45) is 5.73 Å². The number of carbonyl (C=O) groups is 2. The molecule has 8 nitrogen and oxygen atoms in total. The summed E-state index contributed by atoms with van der Waals surface area (Å²) in [6.07, 6.45) is 2.80. The zero-order chi connectivity index (χ0) is 14.5. The normalized spacial score (nSPS) is 10.4. The number of aldehydes is 1. The van der Waals surface area contributed by atoms with E-state index in [1.165, 1.54) is 10.7 Å². The lowest BCUT2D eigenvalue weighted by Gasteiger charge is -2.08. The van der Waals surface area contributed by atoms with Crippen LogP contribution in [0.2, 0.25) is 0 Å². The van der Waals surface area contributed by atoms with Gasteiger partial charge < -0.3 is 15.2 Å². The van der Waals surface area contributed by atoms with Crippen molar-refractivity contribution < 1.29 is 19.1 Å². The van der Waals surface area contributed by atoms with Gasteiger partial charge in [-0.05, 0) is 6.42 Å². The Labute approximate surface area is 114 Å². The van der Waals surface area contributed by atoms with E-state index in [1.54, 1.807) is 6.07 Å². The minimum absolute atomic E-state index is 0.144. The average molecular weight is 278 g/mol. The molecule has 0 spiro atoms. The van der Waals surface area contributed by atoms with Crippen molar-refractivity contribution in [1.29, 1.82) is 0 Å². The van der Waals surface area contributed by atoms with Crippen molar-refractivity contribution in [3.63, 3.8) is 0 Å². The van der Waals surface area contributed by atoms with E-state index in [1.807, 2.05) is 6.92 Å². The minimum atomic E-state index is -1.02. The molecule has 0 unspecified atom stereocenters. The fourth-order valence-corrected chi connectivity index (χ4v) is 1.60. The summed E-state index contributed by atoms with van der Waals surface area (Å²) in [6.45, 7) is 2.50. The van der Waals surface area contributed by atoms with E-state index in [9.17, 15) is 9.59 Å². The van der Waals surface area contributed by atoms with Gasteiger partial charge in [-0.15, -0.1) is 0 Å². The van der Waals surface area contributed by atoms with Crippen LogP contribution in [0, 0.1) is 0 Å². The van der Waals surface area contributed by atoms with Gasteiger partial charge in [-0.2, -0.15) is 14.6 Å². The van der Waals surface area contributed by atoms with Gasteiger partial charge in [-0.3, -0.25) is 4.79 Å². The monoisotopic (exact) mass is 278 g/mol. The van der Waals surface area contributed by atoms with Crippen LogP contribution in [0.25, 0.3) is 5.52 Å². The number of nitrogens with two attached hydrogens (primary N) is 1. The molecule has 0 radical (unpaired) electrons. The van der Waals surface area contributed by atoms with Crippen LogP contribution in [-0.4, -0.2) is 33.6 Å². The Balaban J connectivity index is 2.42. The molecule has 106 valence electrons. The van der Waals surface area contributed by atoms with Crippen LogP contribution >= 0.6 is 0 Å². The molecule has 8 heteroatoms. The van der Waals surface area contributed by atoms with E-state index in [0.717, 1.165) is 12.8 Å². The first-order valence-corrected chi connectivity index (χ1v) is 6.09. The SMILES string of the molecule is CCCCOc1cc2c(C=O)cnn2c(OC(N)=O)n1. The van der Waals surface area contributed by atoms with Gasteiger partial charge in [0.05, 0.1) is 23.9 Å². The highest BCUT2D eigenvalue weighted by molar-refractivity contribution is 5.86. The molecule has 0 fully saturated rings. The minimum Gasteiger partial charge on any atom is -0.477 e. The van der Waals surface area contributed by atoms with Crippen LogP contribution in [0.5, 0.6) is 11.9 Å². The summed E-state index contributed by atoms with van der Waals surface area (Å²) >= 11 is 0. The number of unbranched alkanes of at least 4 members (excludes halogenated alkanes) is 1. The number of aromatic nitrogens is 3. The first kappa shape index (κ1) is 13.8. The molecule has 2 N–H and O–H groups in total. The third kappa shape index (κ3) is 2.85. The van der Waals surface area contributed by atoms with Crippen LogP contribution in [0.15, 0.2) is 12.3 Å². The molecule has 0 bridgehead atoms. The third-order valence-electron chi connectivity index (χ3n) is 2.55. The Hall–Kier alpha value is -2.64. The molecule has 2 aromatic rings. The van der Waals surface area contributed by atoms with Crippen molar-refractivity contribution in [3.8, 4) is 11.9 Å². The summed E-state index contributed by atoms with van der Waals surface area (Å²) in [6, 6.07) is 1.41. The molecule has 0 aliphatic rings. The summed E-state index contributed by atoms with van der Waals surface area (Å²) in [5, 5.41) is 3.91. The van der Waals surface area contributed by atoms with Gasteiger partial charge in [0.25, 0.3) is 0 Å². The summed E-state index contributed by atoms with van der Waals surface area (Å²) < 4.78 is 11.4. The van der Waals surface area contributed by atoms with Crippen molar-refractivity contribution in [2.45, 2.75) is 19.8 Å². The maximum absolute atomic E-state index is 10.9. The molecule has 0 aliphatic heterocycles. The van der Waals surface area contributed by atoms with Crippen molar-refractivity contribution in [2.75, 3.05) is 6.61 Å². The van der Waals surface area contributed by atoms with Crippen molar-refractivity contribution in [3.05, 3.63) is 17.8 Å². The number of carbonyl (C=O) groups excluding carboxylic acids is 2. The van der Waals surface area contributed by atoms with E-state index in [0.29, 0.717) is 24.0 Å². The first-order valence-electron chi connectivity index (χ1n) is 6.09. The van der Waals surface area contributed by atoms with Crippen LogP contribution < -0.4 is 15.2 Å². The molecule has 0 atom stereocenters. The largest absolute Gasteiger partial charge is 0.477 e. The van der Waals surface area contributed by atoms with E-state index >= 15 is 0 Å². The van der Waals surface area contributed by atoms with Crippen LogP contribution in [0.3, 0.4) is 0 Å². The van der Waals surface area contributed by atoms with Crippen LogP contribution in [-0.2, 0) is 0 Å². The number of rotatable bonds is 6. The molecule has 2 heterocycles. The number of ether oxygens (including phenoxy) is 2. The summed E-state index contributed by atoms with van der Waals surface area (Å²) in [7, 11) is 0. The van der Waals surface area contributed by atoms with Gasteiger partial charge in [0.1, 0.15) is 0 Å². The molecule has 2 aromatic heterocycles. The highest BCUT2D eigenvalue weighted by Gasteiger charge is 2.14. The maximum atomic E-state index is 10.9. The van der Waals surface area contributed by atoms with Gasteiger partial charge in [0.2, 0.25) is 5.88 Å². The predicted molar refractivity (Wildman–Crippen MR) is 69.0 cm³/mol. The number of hydrogen-bond donors (Lipinski definition) is 1. The van der Waals surface area contributed by atoms with Gasteiger partial charge in [-0.25, -0.2) is 4.79 Å². The zero-order valence-corrected chi connectivity index (χ0v) is 10.9. The summed E-state index contributed by atoms with van der Waals surface area (Å²) in [4.78, 5) is 25.8. The molecular weight excluding hydrogens is 264 g/mol. The molecule has 1 amide bonds.